The molecule has 1 N–H and O–H groups in total. The second-order valence-corrected chi connectivity index (χ2v) is 6.96. The van der Waals surface area contributed by atoms with Crippen molar-refractivity contribution in [3.63, 3.8) is 0 Å². The number of fused-ring (bicyclic) bond motifs is 2. The first-order valence-electron chi connectivity index (χ1n) is 9.54. The van der Waals surface area contributed by atoms with Gasteiger partial charge in [0, 0.05) is 17.3 Å². The largest absolute Gasteiger partial charge is 0.493 e. The fourth-order valence-corrected chi connectivity index (χ4v) is 3.51. The van der Waals surface area contributed by atoms with Gasteiger partial charge >= 0.3 is 0 Å². The average Bonchev–Trinajstić information content (AvgIpc) is 2.78. The van der Waals surface area contributed by atoms with Gasteiger partial charge in [-0.25, -0.2) is 0 Å². The van der Waals surface area contributed by atoms with Crippen LogP contribution in [0, 0.1) is 6.92 Å². The van der Waals surface area contributed by atoms with Crippen LogP contribution in [0.4, 0.5) is 5.69 Å². The minimum atomic E-state index is -0.377. The van der Waals surface area contributed by atoms with Crippen molar-refractivity contribution in [2.45, 2.75) is 6.92 Å². The van der Waals surface area contributed by atoms with Crippen LogP contribution in [0.15, 0.2) is 57.7 Å². The van der Waals surface area contributed by atoms with Crippen molar-refractivity contribution in [2.75, 3.05) is 26.6 Å². The van der Waals surface area contributed by atoms with Gasteiger partial charge in [0.05, 0.1) is 32.1 Å². The van der Waals surface area contributed by atoms with Gasteiger partial charge in [0.1, 0.15) is 11.2 Å². The maximum atomic E-state index is 12.9. The van der Waals surface area contributed by atoms with E-state index in [1.165, 1.54) is 21.3 Å². The minimum absolute atomic E-state index is 0.109. The molecule has 4 rings (SSSR count). The Kier molecular flexibility index (Phi) is 5.25. The quantitative estimate of drug-likeness (QED) is 0.478. The lowest BCUT2D eigenvalue weighted by molar-refractivity contribution is 0.102. The summed E-state index contributed by atoms with van der Waals surface area (Å²) < 4.78 is 21.9. The van der Waals surface area contributed by atoms with Crippen LogP contribution in [-0.4, -0.2) is 27.2 Å². The standard InChI is InChI=1S/C24H21NO6/c1-13-6-5-7-17-21(26)16-9-8-15(12-18(16)31-22(13)17)25-24(27)14-10-19(28-2)23(30-4)20(11-14)29-3/h5-12H,1-4H3,(H,25,27). The molecular weight excluding hydrogens is 398 g/mol. The van der Waals surface area contributed by atoms with E-state index in [4.69, 9.17) is 18.6 Å². The Morgan fingerprint density at radius 1 is 0.903 bits per heavy atom. The smallest absolute Gasteiger partial charge is 0.255 e. The van der Waals surface area contributed by atoms with E-state index in [9.17, 15) is 9.59 Å². The van der Waals surface area contributed by atoms with Crippen LogP contribution < -0.4 is 25.0 Å². The molecule has 0 saturated heterocycles. The van der Waals surface area contributed by atoms with Gasteiger partial charge in [0.15, 0.2) is 11.5 Å². The number of hydrogen-bond acceptors (Lipinski definition) is 6. The molecule has 7 nitrogen and oxygen atoms in total. The third-order valence-electron chi connectivity index (χ3n) is 5.08. The zero-order valence-corrected chi connectivity index (χ0v) is 17.6. The van der Waals surface area contributed by atoms with E-state index in [1.807, 2.05) is 19.1 Å². The van der Waals surface area contributed by atoms with Gasteiger partial charge in [0.2, 0.25) is 11.2 Å². The highest BCUT2D eigenvalue weighted by Gasteiger charge is 2.18. The summed E-state index contributed by atoms with van der Waals surface area (Å²) >= 11 is 0. The molecule has 7 heteroatoms. The molecule has 0 aliphatic heterocycles. The highest BCUT2D eigenvalue weighted by molar-refractivity contribution is 6.06. The number of para-hydroxylation sites is 1. The summed E-state index contributed by atoms with van der Waals surface area (Å²) in [5.74, 6) is 0.770. The van der Waals surface area contributed by atoms with E-state index >= 15 is 0 Å². The second-order valence-electron chi connectivity index (χ2n) is 6.96. The normalized spacial score (nSPS) is 10.8. The summed E-state index contributed by atoms with van der Waals surface area (Å²) in [7, 11) is 4.46. The maximum absolute atomic E-state index is 12.9. The van der Waals surface area contributed by atoms with E-state index in [2.05, 4.69) is 5.32 Å². The van der Waals surface area contributed by atoms with Crippen molar-refractivity contribution in [3.8, 4) is 17.2 Å². The van der Waals surface area contributed by atoms with Crippen molar-refractivity contribution >= 4 is 33.5 Å². The molecule has 0 spiro atoms. The molecule has 0 radical (unpaired) electrons. The molecule has 3 aromatic carbocycles. The molecule has 1 heterocycles. The highest BCUT2D eigenvalue weighted by Crippen LogP contribution is 2.38. The third-order valence-corrected chi connectivity index (χ3v) is 5.08. The number of methoxy groups -OCH3 is 3. The topological polar surface area (TPSA) is 87.0 Å². The Morgan fingerprint density at radius 2 is 1.61 bits per heavy atom. The van der Waals surface area contributed by atoms with Crippen LogP contribution in [0.3, 0.4) is 0 Å². The number of aryl methyl sites for hydroxylation is 1. The Morgan fingerprint density at radius 3 is 2.26 bits per heavy atom. The summed E-state index contributed by atoms with van der Waals surface area (Å²) in [6.07, 6.45) is 0. The second kappa shape index (κ2) is 8.02. The zero-order valence-electron chi connectivity index (χ0n) is 17.6. The number of anilines is 1. The number of amides is 1. The first-order chi connectivity index (χ1) is 15.0. The summed E-state index contributed by atoms with van der Waals surface area (Å²) in [5.41, 5.74) is 2.50. The number of benzene rings is 3. The Hall–Kier alpha value is -4.00. The van der Waals surface area contributed by atoms with Crippen LogP contribution >= 0.6 is 0 Å². The lowest BCUT2D eigenvalue weighted by Gasteiger charge is -2.14. The van der Waals surface area contributed by atoms with Gasteiger partial charge in [-0.3, -0.25) is 9.59 Å². The molecule has 0 saturated carbocycles. The summed E-state index contributed by atoms with van der Waals surface area (Å²) in [6.45, 7) is 1.88. The predicted octanol–water partition coefficient (Wildman–Crippen LogP) is 4.53. The molecule has 1 amide bonds. The van der Waals surface area contributed by atoms with Crippen molar-refractivity contribution in [1.82, 2.24) is 0 Å². The van der Waals surface area contributed by atoms with Gasteiger partial charge in [-0.05, 0) is 42.8 Å². The van der Waals surface area contributed by atoms with Gasteiger partial charge in [-0.2, -0.15) is 0 Å². The summed E-state index contributed by atoms with van der Waals surface area (Å²) in [6, 6.07) is 13.5. The van der Waals surface area contributed by atoms with Crippen molar-refractivity contribution < 1.29 is 23.4 Å². The number of hydrogen-bond donors (Lipinski definition) is 1. The van der Waals surface area contributed by atoms with Crippen LogP contribution in [0.2, 0.25) is 0 Å². The van der Waals surface area contributed by atoms with Crippen LogP contribution in [0.5, 0.6) is 17.2 Å². The van der Waals surface area contributed by atoms with Crippen LogP contribution in [-0.2, 0) is 0 Å². The van der Waals surface area contributed by atoms with Crippen molar-refractivity contribution in [3.05, 3.63) is 69.9 Å². The summed E-state index contributed by atoms with van der Waals surface area (Å²) in [5, 5.41) is 3.80. The summed E-state index contributed by atoms with van der Waals surface area (Å²) in [4.78, 5) is 25.7. The molecule has 0 fully saturated rings. The van der Waals surface area contributed by atoms with Gasteiger partial charge in [0.25, 0.3) is 5.91 Å². The maximum Gasteiger partial charge on any atom is 0.255 e. The van der Waals surface area contributed by atoms with Crippen molar-refractivity contribution in [1.29, 1.82) is 0 Å². The predicted molar refractivity (Wildman–Crippen MR) is 119 cm³/mol. The first-order valence-corrected chi connectivity index (χ1v) is 9.54. The Labute approximate surface area is 178 Å². The van der Waals surface area contributed by atoms with E-state index in [0.717, 1.165) is 5.56 Å². The number of ether oxygens (including phenoxy) is 3. The van der Waals surface area contributed by atoms with Gasteiger partial charge < -0.3 is 23.9 Å². The van der Waals surface area contributed by atoms with Gasteiger partial charge in [-0.15, -0.1) is 0 Å². The van der Waals surface area contributed by atoms with Crippen molar-refractivity contribution in [2.24, 2.45) is 0 Å². The lowest BCUT2D eigenvalue weighted by Crippen LogP contribution is -2.13. The van der Waals surface area contributed by atoms with Crippen LogP contribution in [0.1, 0.15) is 15.9 Å². The molecule has 0 bridgehead atoms. The monoisotopic (exact) mass is 419 g/mol. The molecule has 0 aliphatic rings. The van der Waals surface area contributed by atoms with E-state index < -0.39 is 0 Å². The zero-order chi connectivity index (χ0) is 22.1. The number of nitrogens with one attached hydrogen (secondary N) is 1. The fourth-order valence-electron chi connectivity index (χ4n) is 3.51. The van der Waals surface area contributed by atoms with E-state index in [0.29, 0.717) is 50.4 Å². The third kappa shape index (κ3) is 3.54. The molecule has 0 aliphatic carbocycles. The SMILES string of the molecule is COc1cc(C(=O)Nc2ccc3c(=O)c4cccc(C)c4oc3c2)cc(OC)c1OC. The first kappa shape index (κ1) is 20.3. The Bertz CT molecular complexity index is 1350. The van der Waals surface area contributed by atoms with E-state index in [-0.39, 0.29) is 11.3 Å². The molecule has 1 aromatic heterocycles. The van der Waals surface area contributed by atoms with Gasteiger partial charge in [-0.1, -0.05) is 12.1 Å². The number of carbonyl (C=O) groups is 1. The van der Waals surface area contributed by atoms with Crippen LogP contribution in [0.25, 0.3) is 21.9 Å². The molecule has 31 heavy (non-hydrogen) atoms. The minimum Gasteiger partial charge on any atom is -0.493 e. The Balaban J connectivity index is 1.73. The molecule has 4 aromatic rings. The average molecular weight is 419 g/mol. The van der Waals surface area contributed by atoms with E-state index in [1.54, 1.807) is 36.4 Å². The molecular formula is C24H21NO6. The molecule has 158 valence electrons. The highest BCUT2D eigenvalue weighted by atomic mass is 16.5. The molecule has 0 atom stereocenters. The fraction of sp³-hybridized carbons (Fsp3) is 0.167. The molecule has 0 unspecified atom stereocenters. The lowest BCUT2D eigenvalue weighted by atomic mass is 10.1. The number of carbonyl (C=O) groups excluding carboxylic acids is 1. The number of rotatable bonds is 5.